The molecule has 2 atom stereocenters. The van der Waals surface area contributed by atoms with Crippen molar-refractivity contribution in [2.75, 3.05) is 24.1 Å². The van der Waals surface area contributed by atoms with Gasteiger partial charge in [-0.15, -0.1) is 0 Å². The second-order valence-corrected chi connectivity index (χ2v) is 5.70. The summed E-state index contributed by atoms with van der Waals surface area (Å²) in [5.41, 5.74) is 6.88. The molecule has 1 fully saturated rings. The lowest BCUT2D eigenvalue weighted by atomic mass is 10.2. The van der Waals surface area contributed by atoms with Crippen molar-refractivity contribution in [2.24, 2.45) is 5.92 Å². The van der Waals surface area contributed by atoms with E-state index in [-0.39, 0.29) is 11.9 Å². The van der Waals surface area contributed by atoms with Crippen molar-refractivity contribution in [3.05, 3.63) is 23.2 Å². The molecule has 4 nitrogen and oxygen atoms in total. The van der Waals surface area contributed by atoms with Gasteiger partial charge in [-0.3, -0.25) is 9.69 Å². The maximum Gasteiger partial charge on any atom is 0.241 e. The minimum Gasteiger partial charge on any atom is -0.397 e. The molecule has 104 valence electrons. The number of amides is 1. The lowest BCUT2D eigenvalue weighted by Gasteiger charge is -2.23. The van der Waals surface area contributed by atoms with E-state index >= 15 is 0 Å². The Labute approximate surface area is 118 Å². The molecule has 1 aromatic carbocycles. The van der Waals surface area contributed by atoms with Gasteiger partial charge >= 0.3 is 0 Å². The van der Waals surface area contributed by atoms with Crippen molar-refractivity contribution in [1.82, 2.24) is 4.90 Å². The predicted molar refractivity (Wildman–Crippen MR) is 79.3 cm³/mol. The van der Waals surface area contributed by atoms with E-state index in [1.807, 2.05) is 6.92 Å². The van der Waals surface area contributed by atoms with Gasteiger partial charge in [0, 0.05) is 12.2 Å². The molecule has 2 rings (SSSR count). The normalized spacial score (nSPS) is 21.3. The van der Waals surface area contributed by atoms with Crippen LogP contribution in [-0.2, 0) is 4.79 Å². The largest absolute Gasteiger partial charge is 0.397 e. The predicted octanol–water partition coefficient (Wildman–Crippen LogP) is 2.59. The van der Waals surface area contributed by atoms with Crippen LogP contribution in [0, 0.1) is 5.92 Å². The smallest absolute Gasteiger partial charge is 0.241 e. The van der Waals surface area contributed by atoms with Gasteiger partial charge in [0.05, 0.1) is 16.8 Å². The SMILES string of the molecule is CC1CCN(C(C)C(=O)Nc2ccc(Cl)c(N)c2)C1. The van der Waals surface area contributed by atoms with E-state index in [1.165, 1.54) is 0 Å². The molecule has 1 saturated heterocycles. The molecule has 1 heterocycles. The van der Waals surface area contributed by atoms with Crippen molar-refractivity contribution >= 4 is 28.9 Å². The number of hydrogen-bond donors (Lipinski definition) is 2. The standard InChI is InChI=1S/C14H20ClN3O/c1-9-5-6-18(8-9)10(2)14(19)17-11-3-4-12(15)13(16)7-11/h3-4,7,9-10H,5-6,8,16H2,1-2H3,(H,17,19). The summed E-state index contributed by atoms with van der Waals surface area (Å²) in [5.74, 6) is 0.664. The molecule has 1 aliphatic rings. The average Bonchev–Trinajstić information content (AvgIpc) is 2.79. The molecule has 0 aromatic heterocycles. The minimum absolute atomic E-state index is 0.00387. The molecule has 1 aromatic rings. The summed E-state index contributed by atoms with van der Waals surface area (Å²) < 4.78 is 0. The Bertz CT molecular complexity index is 478. The topological polar surface area (TPSA) is 58.4 Å². The molecular formula is C14H20ClN3O. The van der Waals surface area contributed by atoms with Gasteiger partial charge in [0.2, 0.25) is 5.91 Å². The molecule has 5 heteroatoms. The molecule has 1 amide bonds. The first-order valence-corrected chi connectivity index (χ1v) is 6.95. The van der Waals surface area contributed by atoms with Gasteiger partial charge in [0.25, 0.3) is 0 Å². The Morgan fingerprint density at radius 2 is 2.32 bits per heavy atom. The highest BCUT2D eigenvalue weighted by molar-refractivity contribution is 6.33. The van der Waals surface area contributed by atoms with E-state index in [1.54, 1.807) is 18.2 Å². The van der Waals surface area contributed by atoms with Crippen LogP contribution in [0.1, 0.15) is 20.3 Å². The van der Waals surface area contributed by atoms with E-state index in [0.717, 1.165) is 19.5 Å². The number of carbonyl (C=O) groups excluding carboxylic acids is 1. The van der Waals surface area contributed by atoms with Crippen molar-refractivity contribution in [3.8, 4) is 0 Å². The fraction of sp³-hybridized carbons (Fsp3) is 0.500. The number of benzene rings is 1. The van der Waals surface area contributed by atoms with Crippen molar-refractivity contribution in [1.29, 1.82) is 0 Å². The number of hydrogen-bond acceptors (Lipinski definition) is 3. The van der Waals surface area contributed by atoms with Crippen molar-refractivity contribution < 1.29 is 4.79 Å². The van der Waals surface area contributed by atoms with Crippen LogP contribution < -0.4 is 11.1 Å². The first kappa shape index (κ1) is 14.2. The monoisotopic (exact) mass is 281 g/mol. The van der Waals surface area contributed by atoms with Gasteiger partial charge in [-0.1, -0.05) is 18.5 Å². The Morgan fingerprint density at radius 3 is 2.89 bits per heavy atom. The van der Waals surface area contributed by atoms with Crippen molar-refractivity contribution in [2.45, 2.75) is 26.3 Å². The summed E-state index contributed by atoms with van der Waals surface area (Å²) in [6.45, 7) is 6.12. The first-order valence-electron chi connectivity index (χ1n) is 6.57. The Balaban J connectivity index is 1.98. The van der Waals surface area contributed by atoms with Crippen LogP contribution in [-0.4, -0.2) is 29.9 Å². The quantitative estimate of drug-likeness (QED) is 0.837. The van der Waals surface area contributed by atoms with Gasteiger partial charge in [-0.05, 0) is 44.0 Å². The second kappa shape index (κ2) is 5.80. The Hall–Kier alpha value is -1.26. The number of nitrogens with zero attached hydrogens (tertiary/aromatic N) is 1. The summed E-state index contributed by atoms with van der Waals surface area (Å²) in [6, 6.07) is 5.01. The van der Waals surface area contributed by atoms with Gasteiger partial charge in [0.1, 0.15) is 0 Å². The lowest BCUT2D eigenvalue weighted by molar-refractivity contribution is -0.120. The number of carbonyl (C=O) groups is 1. The van der Waals surface area contributed by atoms with E-state index in [4.69, 9.17) is 17.3 Å². The zero-order valence-corrected chi connectivity index (χ0v) is 12.1. The number of nitrogens with one attached hydrogen (secondary N) is 1. The van der Waals surface area contributed by atoms with Crippen LogP contribution in [0.3, 0.4) is 0 Å². The number of nitrogen functional groups attached to an aromatic ring is 1. The summed E-state index contributed by atoms with van der Waals surface area (Å²) in [5, 5.41) is 3.38. The zero-order chi connectivity index (χ0) is 14.0. The molecule has 2 unspecified atom stereocenters. The summed E-state index contributed by atoms with van der Waals surface area (Å²) in [4.78, 5) is 14.4. The third kappa shape index (κ3) is 3.39. The molecule has 0 aliphatic carbocycles. The fourth-order valence-electron chi connectivity index (χ4n) is 2.35. The highest BCUT2D eigenvalue weighted by Gasteiger charge is 2.27. The van der Waals surface area contributed by atoms with Crippen LogP contribution in [0.25, 0.3) is 0 Å². The van der Waals surface area contributed by atoms with Crippen molar-refractivity contribution in [3.63, 3.8) is 0 Å². The molecule has 1 aliphatic heterocycles. The highest BCUT2D eigenvalue weighted by atomic mass is 35.5. The van der Waals surface area contributed by atoms with Crippen LogP contribution in [0.15, 0.2) is 18.2 Å². The van der Waals surface area contributed by atoms with E-state index in [9.17, 15) is 4.79 Å². The summed E-state index contributed by atoms with van der Waals surface area (Å²) >= 11 is 5.85. The third-order valence-corrected chi connectivity index (χ3v) is 3.99. The van der Waals surface area contributed by atoms with Crippen LogP contribution in [0.5, 0.6) is 0 Å². The first-order chi connectivity index (χ1) is 8.97. The molecule has 19 heavy (non-hydrogen) atoms. The Kier molecular flexibility index (Phi) is 4.32. The fourth-order valence-corrected chi connectivity index (χ4v) is 2.47. The molecule has 0 bridgehead atoms. The zero-order valence-electron chi connectivity index (χ0n) is 11.3. The summed E-state index contributed by atoms with van der Waals surface area (Å²) in [6.07, 6.45) is 1.16. The van der Waals surface area contributed by atoms with Gasteiger partial charge in [0.15, 0.2) is 0 Å². The summed E-state index contributed by atoms with van der Waals surface area (Å²) in [7, 11) is 0. The highest BCUT2D eigenvalue weighted by Crippen LogP contribution is 2.23. The van der Waals surface area contributed by atoms with E-state index in [2.05, 4.69) is 17.1 Å². The average molecular weight is 282 g/mol. The molecule has 0 saturated carbocycles. The Morgan fingerprint density at radius 1 is 1.58 bits per heavy atom. The van der Waals surface area contributed by atoms with E-state index < -0.39 is 0 Å². The third-order valence-electron chi connectivity index (χ3n) is 3.65. The van der Waals surface area contributed by atoms with Crippen LogP contribution in [0.2, 0.25) is 5.02 Å². The van der Waals surface area contributed by atoms with Crippen LogP contribution >= 0.6 is 11.6 Å². The lowest BCUT2D eigenvalue weighted by Crippen LogP contribution is -2.40. The van der Waals surface area contributed by atoms with Gasteiger partial charge in [-0.2, -0.15) is 0 Å². The number of anilines is 2. The maximum atomic E-state index is 12.2. The molecule has 3 N–H and O–H groups in total. The van der Waals surface area contributed by atoms with E-state index in [0.29, 0.717) is 22.3 Å². The molecular weight excluding hydrogens is 262 g/mol. The molecule has 0 spiro atoms. The second-order valence-electron chi connectivity index (χ2n) is 5.29. The minimum atomic E-state index is -0.123. The van der Waals surface area contributed by atoms with Gasteiger partial charge < -0.3 is 11.1 Å². The number of nitrogens with two attached hydrogens (primary N) is 1. The maximum absolute atomic E-state index is 12.2. The number of halogens is 1. The number of rotatable bonds is 3. The van der Waals surface area contributed by atoms with Crippen LogP contribution in [0.4, 0.5) is 11.4 Å². The number of likely N-dealkylation sites (tertiary alicyclic amines) is 1. The van der Waals surface area contributed by atoms with Gasteiger partial charge in [-0.25, -0.2) is 0 Å². The molecule has 0 radical (unpaired) electrons.